The standard InChI is InChI=1S/C15H27NO2/c1-3-18-14-6-8-16(9-7-14)11-13-10-12(2)4-5-15(13)17/h12-14H,3-11H2,1-2H3. The highest BCUT2D eigenvalue weighted by atomic mass is 16.5. The van der Waals surface area contributed by atoms with Crippen molar-refractivity contribution in [2.45, 2.75) is 52.1 Å². The van der Waals surface area contributed by atoms with E-state index >= 15 is 0 Å². The molecule has 104 valence electrons. The maximum Gasteiger partial charge on any atom is 0.137 e. The van der Waals surface area contributed by atoms with Crippen molar-refractivity contribution < 1.29 is 9.53 Å². The largest absolute Gasteiger partial charge is 0.378 e. The van der Waals surface area contributed by atoms with E-state index in [1.807, 2.05) is 0 Å². The molecule has 2 aliphatic rings. The number of hydrogen-bond donors (Lipinski definition) is 0. The van der Waals surface area contributed by atoms with Crippen molar-refractivity contribution in [3.05, 3.63) is 0 Å². The second-order valence-corrected chi connectivity index (χ2v) is 6.00. The number of nitrogens with zero attached hydrogens (tertiary/aromatic N) is 1. The van der Waals surface area contributed by atoms with Gasteiger partial charge in [0.2, 0.25) is 0 Å². The Kier molecular flexibility index (Phi) is 5.19. The molecule has 1 saturated carbocycles. The Morgan fingerprint density at radius 1 is 1.28 bits per heavy atom. The fourth-order valence-electron chi connectivity index (χ4n) is 3.31. The van der Waals surface area contributed by atoms with Crippen LogP contribution < -0.4 is 0 Å². The molecule has 2 rings (SSSR count). The van der Waals surface area contributed by atoms with Crippen molar-refractivity contribution in [1.29, 1.82) is 0 Å². The maximum atomic E-state index is 11.9. The zero-order chi connectivity index (χ0) is 13.0. The van der Waals surface area contributed by atoms with Gasteiger partial charge in [0, 0.05) is 38.6 Å². The van der Waals surface area contributed by atoms with E-state index in [4.69, 9.17) is 4.74 Å². The van der Waals surface area contributed by atoms with E-state index in [-0.39, 0.29) is 0 Å². The predicted molar refractivity (Wildman–Crippen MR) is 72.6 cm³/mol. The van der Waals surface area contributed by atoms with Crippen LogP contribution in [-0.2, 0) is 9.53 Å². The fraction of sp³-hybridized carbons (Fsp3) is 0.933. The van der Waals surface area contributed by atoms with Crippen molar-refractivity contribution >= 4 is 5.78 Å². The summed E-state index contributed by atoms with van der Waals surface area (Å²) in [5, 5.41) is 0. The summed E-state index contributed by atoms with van der Waals surface area (Å²) in [5.41, 5.74) is 0. The van der Waals surface area contributed by atoms with Crippen LogP contribution in [0.5, 0.6) is 0 Å². The van der Waals surface area contributed by atoms with E-state index in [9.17, 15) is 4.79 Å². The lowest BCUT2D eigenvalue weighted by atomic mass is 9.81. The highest BCUT2D eigenvalue weighted by Gasteiger charge is 2.29. The van der Waals surface area contributed by atoms with Crippen LogP contribution in [0.1, 0.15) is 46.0 Å². The molecule has 1 heterocycles. The molecule has 0 aromatic carbocycles. The third-order valence-electron chi connectivity index (χ3n) is 4.44. The monoisotopic (exact) mass is 253 g/mol. The first-order valence-corrected chi connectivity index (χ1v) is 7.55. The van der Waals surface area contributed by atoms with Gasteiger partial charge in [-0.3, -0.25) is 4.79 Å². The molecular formula is C15H27NO2. The van der Waals surface area contributed by atoms with Gasteiger partial charge in [-0.2, -0.15) is 0 Å². The van der Waals surface area contributed by atoms with E-state index in [0.717, 1.165) is 64.3 Å². The topological polar surface area (TPSA) is 29.5 Å². The first-order chi connectivity index (χ1) is 8.69. The number of carbonyl (C=O) groups excluding carboxylic acids is 1. The number of hydrogen-bond acceptors (Lipinski definition) is 3. The van der Waals surface area contributed by atoms with E-state index < -0.39 is 0 Å². The zero-order valence-electron chi connectivity index (χ0n) is 11.9. The summed E-state index contributed by atoms with van der Waals surface area (Å²) in [6, 6.07) is 0. The van der Waals surface area contributed by atoms with Gasteiger partial charge in [0.15, 0.2) is 0 Å². The molecule has 0 radical (unpaired) electrons. The van der Waals surface area contributed by atoms with Crippen LogP contribution in [0.2, 0.25) is 0 Å². The molecule has 2 atom stereocenters. The lowest BCUT2D eigenvalue weighted by Crippen LogP contribution is -2.42. The molecular weight excluding hydrogens is 226 g/mol. The molecule has 0 aromatic rings. The van der Waals surface area contributed by atoms with Crippen LogP contribution in [0.15, 0.2) is 0 Å². The molecule has 2 fully saturated rings. The highest BCUT2D eigenvalue weighted by Crippen LogP contribution is 2.27. The van der Waals surface area contributed by atoms with Crippen molar-refractivity contribution in [1.82, 2.24) is 4.90 Å². The Balaban J connectivity index is 1.75. The Labute approximate surface area is 111 Å². The van der Waals surface area contributed by atoms with Gasteiger partial charge >= 0.3 is 0 Å². The Morgan fingerprint density at radius 3 is 2.67 bits per heavy atom. The second kappa shape index (κ2) is 6.67. The number of ketones is 1. The van der Waals surface area contributed by atoms with E-state index in [1.54, 1.807) is 0 Å². The van der Waals surface area contributed by atoms with Crippen LogP contribution in [0.25, 0.3) is 0 Å². The molecule has 0 spiro atoms. The van der Waals surface area contributed by atoms with Gasteiger partial charge < -0.3 is 9.64 Å². The lowest BCUT2D eigenvalue weighted by Gasteiger charge is -2.35. The average molecular weight is 253 g/mol. The van der Waals surface area contributed by atoms with Gasteiger partial charge in [-0.05, 0) is 38.5 Å². The van der Waals surface area contributed by atoms with Crippen LogP contribution >= 0.6 is 0 Å². The van der Waals surface area contributed by atoms with E-state index in [2.05, 4.69) is 18.7 Å². The summed E-state index contributed by atoms with van der Waals surface area (Å²) >= 11 is 0. The summed E-state index contributed by atoms with van der Waals surface area (Å²) < 4.78 is 5.67. The molecule has 3 heteroatoms. The summed E-state index contributed by atoms with van der Waals surface area (Å²) in [6.07, 6.45) is 5.72. The Bertz CT molecular complexity index is 272. The van der Waals surface area contributed by atoms with Crippen LogP contribution in [0.4, 0.5) is 0 Å². The summed E-state index contributed by atoms with van der Waals surface area (Å²) in [5.74, 6) is 1.53. The van der Waals surface area contributed by atoms with Crippen molar-refractivity contribution in [2.75, 3.05) is 26.2 Å². The van der Waals surface area contributed by atoms with Gasteiger partial charge in [-0.25, -0.2) is 0 Å². The highest BCUT2D eigenvalue weighted by molar-refractivity contribution is 5.81. The fourth-order valence-corrected chi connectivity index (χ4v) is 3.31. The van der Waals surface area contributed by atoms with Crippen LogP contribution in [-0.4, -0.2) is 43.0 Å². The minimum absolute atomic E-state index is 0.303. The molecule has 3 nitrogen and oxygen atoms in total. The second-order valence-electron chi connectivity index (χ2n) is 6.00. The number of rotatable bonds is 4. The molecule has 0 bridgehead atoms. The minimum atomic E-state index is 0.303. The van der Waals surface area contributed by atoms with Gasteiger partial charge in [0.05, 0.1) is 6.10 Å². The molecule has 2 unspecified atom stereocenters. The smallest absolute Gasteiger partial charge is 0.137 e. The SMILES string of the molecule is CCOC1CCN(CC2CC(C)CCC2=O)CC1. The first kappa shape index (κ1) is 14.0. The van der Waals surface area contributed by atoms with Gasteiger partial charge in [0.25, 0.3) is 0 Å². The molecule has 1 aliphatic carbocycles. The molecule has 0 N–H and O–H groups in total. The predicted octanol–water partition coefficient (Wildman–Crippen LogP) is 2.49. The van der Waals surface area contributed by atoms with Gasteiger partial charge in [-0.1, -0.05) is 6.92 Å². The molecule has 1 saturated heterocycles. The molecule has 0 amide bonds. The minimum Gasteiger partial charge on any atom is -0.378 e. The third-order valence-corrected chi connectivity index (χ3v) is 4.44. The van der Waals surface area contributed by atoms with Gasteiger partial charge in [0.1, 0.15) is 5.78 Å². The number of ether oxygens (including phenoxy) is 1. The third kappa shape index (κ3) is 3.79. The molecule has 18 heavy (non-hydrogen) atoms. The number of carbonyl (C=O) groups is 1. The van der Waals surface area contributed by atoms with Crippen molar-refractivity contribution in [2.24, 2.45) is 11.8 Å². The number of Topliss-reactive ketones (excluding diaryl/α,β-unsaturated/α-hetero) is 1. The quantitative estimate of drug-likeness (QED) is 0.771. The number of piperidine rings is 1. The molecule has 1 aliphatic heterocycles. The summed E-state index contributed by atoms with van der Waals surface area (Å²) in [4.78, 5) is 14.4. The van der Waals surface area contributed by atoms with E-state index in [0.29, 0.717) is 17.8 Å². The van der Waals surface area contributed by atoms with Crippen LogP contribution in [0.3, 0.4) is 0 Å². The van der Waals surface area contributed by atoms with Gasteiger partial charge in [-0.15, -0.1) is 0 Å². The van der Waals surface area contributed by atoms with Crippen LogP contribution in [0, 0.1) is 11.8 Å². The zero-order valence-corrected chi connectivity index (χ0v) is 11.9. The Morgan fingerprint density at radius 2 is 2.00 bits per heavy atom. The maximum absolute atomic E-state index is 11.9. The number of likely N-dealkylation sites (tertiary alicyclic amines) is 1. The normalized spacial score (nSPS) is 31.8. The first-order valence-electron chi connectivity index (χ1n) is 7.55. The van der Waals surface area contributed by atoms with E-state index in [1.165, 1.54) is 0 Å². The van der Waals surface area contributed by atoms with Crippen molar-refractivity contribution in [3.63, 3.8) is 0 Å². The molecule has 0 aromatic heterocycles. The van der Waals surface area contributed by atoms with Crippen molar-refractivity contribution in [3.8, 4) is 0 Å². The lowest BCUT2D eigenvalue weighted by molar-refractivity contribution is -0.126. The average Bonchev–Trinajstić information content (AvgIpc) is 2.37. The Hall–Kier alpha value is -0.410. The summed E-state index contributed by atoms with van der Waals surface area (Å²) in [7, 11) is 0. The summed E-state index contributed by atoms with van der Waals surface area (Å²) in [6.45, 7) is 8.35.